The average Bonchev–Trinajstić information content (AvgIpc) is 2.27. The number of benzene rings is 1. The normalized spacial score (nSPS) is 10.1. The van der Waals surface area contributed by atoms with E-state index >= 15 is 0 Å². The van der Waals surface area contributed by atoms with Crippen LogP contribution < -0.4 is 5.32 Å². The molecule has 0 unspecified atom stereocenters. The average molecular weight is 238 g/mol. The summed E-state index contributed by atoms with van der Waals surface area (Å²) in [5.74, 6) is 0.270. The van der Waals surface area contributed by atoms with E-state index < -0.39 is 0 Å². The monoisotopic (exact) mass is 237 g/mol. The van der Waals surface area contributed by atoms with Crippen molar-refractivity contribution in [3.63, 3.8) is 0 Å². The highest BCUT2D eigenvalue weighted by atomic mass is 35.5. The highest BCUT2D eigenvalue weighted by Crippen LogP contribution is 2.18. The van der Waals surface area contributed by atoms with Gasteiger partial charge in [-0.25, -0.2) is 14.4 Å². The van der Waals surface area contributed by atoms with Crippen molar-refractivity contribution in [2.24, 2.45) is 0 Å². The molecule has 0 saturated heterocycles. The second-order valence-electron chi connectivity index (χ2n) is 3.18. The zero-order chi connectivity index (χ0) is 11.4. The van der Waals surface area contributed by atoms with Crippen LogP contribution in [0.15, 0.2) is 36.7 Å². The largest absolute Gasteiger partial charge is 0.378 e. The van der Waals surface area contributed by atoms with Gasteiger partial charge in [-0.05, 0) is 24.3 Å². The van der Waals surface area contributed by atoms with Gasteiger partial charge in [0.05, 0.1) is 6.54 Å². The van der Waals surface area contributed by atoms with Crippen LogP contribution in [0.4, 0.5) is 10.1 Å². The maximum absolute atomic E-state index is 13.0. The van der Waals surface area contributed by atoms with E-state index in [1.165, 1.54) is 12.1 Å². The molecule has 2 rings (SSSR count). The molecule has 1 heterocycles. The van der Waals surface area contributed by atoms with Crippen LogP contribution in [0.2, 0.25) is 5.02 Å². The standard InChI is InChI=1S/C11H9ClFN3/c12-8-4-9(13)6-10(5-8)16-7-11-14-2-1-3-15-11/h1-6,16H,7H2. The minimum absolute atomic E-state index is 0.358. The van der Waals surface area contributed by atoms with Gasteiger partial charge in [0.15, 0.2) is 0 Å². The number of nitrogens with zero attached hydrogens (tertiary/aromatic N) is 2. The van der Waals surface area contributed by atoms with Gasteiger partial charge in [-0.2, -0.15) is 0 Å². The van der Waals surface area contributed by atoms with Gasteiger partial charge in [-0.3, -0.25) is 0 Å². The predicted molar refractivity (Wildman–Crippen MR) is 60.8 cm³/mol. The summed E-state index contributed by atoms with van der Waals surface area (Å²) in [7, 11) is 0. The molecule has 1 N–H and O–H groups in total. The Bertz CT molecular complexity index is 456. The summed E-state index contributed by atoms with van der Waals surface area (Å²) in [6, 6.07) is 6.01. The van der Waals surface area contributed by atoms with Gasteiger partial charge in [0.2, 0.25) is 0 Å². The number of aromatic nitrogens is 2. The van der Waals surface area contributed by atoms with Gasteiger partial charge in [0.25, 0.3) is 0 Å². The molecule has 1 aromatic carbocycles. The number of anilines is 1. The van der Waals surface area contributed by atoms with Crippen molar-refractivity contribution in [3.05, 3.63) is 53.3 Å². The second-order valence-corrected chi connectivity index (χ2v) is 3.61. The summed E-state index contributed by atoms with van der Waals surface area (Å²) in [4.78, 5) is 8.08. The molecule has 0 atom stereocenters. The second kappa shape index (κ2) is 4.90. The van der Waals surface area contributed by atoms with E-state index in [0.717, 1.165) is 0 Å². The molecule has 0 aliphatic heterocycles. The maximum atomic E-state index is 13.0. The molecule has 0 saturated carbocycles. The maximum Gasteiger partial charge on any atom is 0.147 e. The van der Waals surface area contributed by atoms with Crippen molar-refractivity contribution < 1.29 is 4.39 Å². The molecule has 82 valence electrons. The number of nitrogens with one attached hydrogen (secondary N) is 1. The smallest absolute Gasteiger partial charge is 0.147 e. The van der Waals surface area contributed by atoms with E-state index in [1.807, 2.05) is 0 Å². The molecule has 0 amide bonds. The van der Waals surface area contributed by atoms with Crippen molar-refractivity contribution >= 4 is 17.3 Å². The van der Waals surface area contributed by atoms with Crippen molar-refractivity contribution in [2.45, 2.75) is 6.54 Å². The molecule has 0 aliphatic rings. The van der Waals surface area contributed by atoms with Crippen molar-refractivity contribution in [3.8, 4) is 0 Å². The summed E-state index contributed by atoms with van der Waals surface area (Å²) in [5, 5.41) is 3.35. The van der Waals surface area contributed by atoms with Gasteiger partial charge >= 0.3 is 0 Å². The number of halogens is 2. The molecule has 0 spiro atoms. The predicted octanol–water partition coefficient (Wildman–Crippen LogP) is 2.88. The van der Waals surface area contributed by atoms with E-state index in [1.54, 1.807) is 24.5 Å². The highest BCUT2D eigenvalue weighted by Gasteiger charge is 2.00. The van der Waals surface area contributed by atoms with E-state index in [0.29, 0.717) is 23.1 Å². The van der Waals surface area contributed by atoms with Crippen LogP contribution >= 0.6 is 11.6 Å². The van der Waals surface area contributed by atoms with E-state index in [4.69, 9.17) is 11.6 Å². The molecule has 0 aliphatic carbocycles. The summed E-state index contributed by atoms with van der Waals surface area (Å²) < 4.78 is 13.0. The Morgan fingerprint density at radius 1 is 1.19 bits per heavy atom. The minimum atomic E-state index is -0.371. The summed E-state index contributed by atoms with van der Waals surface area (Å²) in [6.45, 7) is 0.431. The molecule has 1 aromatic heterocycles. The number of hydrogen-bond donors (Lipinski definition) is 1. The van der Waals surface area contributed by atoms with Crippen LogP contribution in [0.25, 0.3) is 0 Å². The molecule has 5 heteroatoms. The minimum Gasteiger partial charge on any atom is -0.378 e. The quantitative estimate of drug-likeness (QED) is 0.892. The lowest BCUT2D eigenvalue weighted by Crippen LogP contribution is -2.03. The SMILES string of the molecule is Fc1cc(Cl)cc(NCc2ncccn2)c1. The number of rotatable bonds is 3. The lowest BCUT2D eigenvalue weighted by atomic mass is 10.3. The van der Waals surface area contributed by atoms with Crippen LogP contribution in [-0.2, 0) is 6.54 Å². The topological polar surface area (TPSA) is 37.8 Å². The Kier molecular flexibility index (Phi) is 3.31. The van der Waals surface area contributed by atoms with Crippen LogP contribution in [-0.4, -0.2) is 9.97 Å². The third-order valence-electron chi connectivity index (χ3n) is 1.93. The first kappa shape index (κ1) is 10.8. The van der Waals surface area contributed by atoms with Crippen LogP contribution in [0.3, 0.4) is 0 Å². The highest BCUT2D eigenvalue weighted by molar-refractivity contribution is 6.30. The molecular formula is C11H9ClFN3. The third kappa shape index (κ3) is 2.90. The van der Waals surface area contributed by atoms with Crippen molar-refractivity contribution in [1.29, 1.82) is 0 Å². The number of hydrogen-bond acceptors (Lipinski definition) is 3. The molecule has 2 aromatic rings. The molecule has 0 fully saturated rings. The molecular weight excluding hydrogens is 229 g/mol. The first-order valence-electron chi connectivity index (χ1n) is 4.70. The fourth-order valence-corrected chi connectivity index (χ4v) is 1.48. The Morgan fingerprint density at radius 3 is 2.62 bits per heavy atom. The first-order valence-corrected chi connectivity index (χ1v) is 5.08. The van der Waals surface area contributed by atoms with Crippen molar-refractivity contribution in [2.75, 3.05) is 5.32 Å². The van der Waals surface area contributed by atoms with Gasteiger partial charge in [0.1, 0.15) is 11.6 Å². The van der Waals surface area contributed by atoms with Gasteiger partial charge in [-0.15, -0.1) is 0 Å². The summed E-state index contributed by atoms with van der Waals surface area (Å²) in [5.41, 5.74) is 0.609. The fraction of sp³-hybridized carbons (Fsp3) is 0.0909. The van der Waals surface area contributed by atoms with Gasteiger partial charge < -0.3 is 5.32 Å². The Hall–Kier alpha value is -1.68. The third-order valence-corrected chi connectivity index (χ3v) is 2.15. The summed E-state index contributed by atoms with van der Waals surface area (Å²) >= 11 is 5.72. The Balaban J connectivity index is 2.05. The van der Waals surface area contributed by atoms with E-state index in [9.17, 15) is 4.39 Å². The van der Waals surface area contributed by atoms with Gasteiger partial charge in [0, 0.05) is 23.1 Å². The van der Waals surface area contributed by atoms with Crippen molar-refractivity contribution in [1.82, 2.24) is 9.97 Å². The van der Waals surface area contributed by atoms with E-state index in [-0.39, 0.29) is 5.82 Å². The Morgan fingerprint density at radius 2 is 1.94 bits per heavy atom. The molecule has 0 bridgehead atoms. The van der Waals surface area contributed by atoms with Crippen LogP contribution in [0, 0.1) is 5.82 Å². The lowest BCUT2D eigenvalue weighted by Gasteiger charge is -2.05. The molecule has 0 radical (unpaired) electrons. The summed E-state index contributed by atoms with van der Waals surface area (Å²) in [6.07, 6.45) is 3.31. The Labute approximate surface area is 97.3 Å². The van der Waals surface area contributed by atoms with Crippen LogP contribution in [0.5, 0.6) is 0 Å². The molecule has 3 nitrogen and oxygen atoms in total. The van der Waals surface area contributed by atoms with Crippen LogP contribution in [0.1, 0.15) is 5.82 Å². The zero-order valence-corrected chi connectivity index (χ0v) is 9.08. The zero-order valence-electron chi connectivity index (χ0n) is 8.32. The van der Waals surface area contributed by atoms with E-state index in [2.05, 4.69) is 15.3 Å². The fourth-order valence-electron chi connectivity index (χ4n) is 1.26. The first-order chi connectivity index (χ1) is 7.74. The van der Waals surface area contributed by atoms with Gasteiger partial charge in [-0.1, -0.05) is 11.6 Å². The lowest BCUT2D eigenvalue weighted by molar-refractivity contribution is 0.628. The molecule has 16 heavy (non-hydrogen) atoms.